The Hall–Kier alpha value is -1.02. The van der Waals surface area contributed by atoms with Crippen molar-refractivity contribution in [3.05, 3.63) is 29.3 Å². The highest BCUT2D eigenvalue weighted by Gasteiger charge is 2.10. The minimum atomic E-state index is 0.763. The fourth-order valence-corrected chi connectivity index (χ4v) is 2.18. The molecule has 0 atom stereocenters. The Morgan fingerprint density at radius 2 is 2.06 bits per heavy atom. The molecule has 1 aliphatic rings. The highest BCUT2D eigenvalue weighted by Crippen LogP contribution is 2.25. The second-order valence-corrected chi connectivity index (χ2v) is 4.38. The van der Waals surface area contributed by atoms with E-state index in [-0.39, 0.29) is 0 Å². The predicted molar refractivity (Wildman–Crippen MR) is 67.1 cm³/mol. The minimum absolute atomic E-state index is 0.763. The lowest BCUT2D eigenvalue weighted by Crippen LogP contribution is -2.21. The number of ether oxygens (including phenoxy) is 1. The Morgan fingerprint density at radius 1 is 1.19 bits per heavy atom. The smallest absolute Gasteiger partial charge is 0.119 e. The standard InChI is InChI=1S/C14H21NO/c1-2-8-15-9-10-16-14-7-6-12-4-3-5-13(12)11-14/h6-7,11,15H,2-5,8-10H2,1H3. The van der Waals surface area contributed by atoms with E-state index in [1.54, 1.807) is 0 Å². The van der Waals surface area contributed by atoms with E-state index in [1.165, 1.54) is 36.8 Å². The zero-order chi connectivity index (χ0) is 11.2. The first-order valence-corrected chi connectivity index (χ1v) is 6.35. The fraction of sp³-hybridized carbons (Fsp3) is 0.571. The van der Waals surface area contributed by atoms with Crippen molar-refractivity contribution in [3.8, 4) is 5.75 Å². The van der Waals surface area contributed by atoms with Gasteiger partial charge in [-0.2, -0.15) is 0 Å². The first-order valence-electron chi connectivity index (χ1n) is 6.35. The topological polar surface area (TPSA) is 21.3 Å². The van der Waals surface area contributed by atoms with Gasteiger partial charge in [-0.1, -0.05) is 13.0 Å². The van der Waals surface area contributed by atoms with Crippen molar-refractivity contribution in [3.63, 3.8) is 0 Å². The lowest BCUT2D eigenvalue weighted by Gasteiger charge is -2.08. The third kappa shape index (κ3) is 2.99. The SMILES string of the molecule is CCCNCCOc1ccc2c(c1)CCC2. The summed E-state index contributed by atoms with van der Waals surface area (Å²) in [6.45, 7) is 4.95. The van der Waals surface area contributed by atoms with Crippen LogP contribution in [0, 0.1) is 0 Å². The molecule has 1 aromatic carbocycles. The normalized spacial score (nSPS) is 13.8. The molecule has 0 spiro atoms. The summed E-state index contributed by atoms with van der Waals surface area (Å²) in [5.74, 6) is 1.03. The Balaban J connectivity index is 1.77. The average Bonchev–Trinajstić information content (AvgIpc) is 2.76. The van der Waals surface area contributed by atoms with Gasteiger partial charge in [0.15, 0.2) is 0 Å². The molecule has 0 aromatic heterocycles. The molecule has 1 N–H and O–H groups in total. The van der Waals surface area contributed by atoms with Gasteiger partial charge in [0, 0.05) is 6.54 Å². The van der Waals surface area contributed by atoms with E-state index in [9.17, 15) is 0 Å². The average molecular weight is 219 g/mol. The third-order valence-corrected chi connectivity index (χ3v) is 3.04. The van der Waals surface area contributed by atoms with Crippen LogP contribution >= 0.6 is 0 Å². The van der Waals surface area contributed by atoms with Crippen molar-refractivity contribution in [1.82, 2.24) is 5.32 Å². The molecule has 2 nitrogen and oxygen atoms in total. The van der Waals surface area contributed by atoms with Crippen LogP contribution < -0.4 is 10.1 Å². The lowest BCUT2D eigenvalue weighted by molar-refractivity contribution is 0.314. The van der Waals surface area contributed by atoms with Crippen LogP contribution in [0.3, 0.4) is 0 Å². The van der Waals surface area contributed by atoms with E-state index >= 15 is 0 Å². The van der Waals surface area contributed by atoms with Crippen LogP contribution in [0.2, 0.25) is 0 Å². The number of fused-ring (bicyclic) bond motifs is 1. The molecule has 0 unspecified atom stereocenters. The van der Waals surface area contributed by atoms with Crippen molar-refractivity contribution in [2.45, 2.75) is 32.6 Å². The first-order chi connectivity index (χ1) is 7.90. The highest BCUT2D eigenvalue weighted by atomic mass is 16.5. The Bertz CT molecular complexity index is 336. The van der Waals surface area contributed by atoms with E-state index in [0.717, 1.165) is 25.4 Å². The van der Waals surface area contributed by atoms with Gasteiger partial charge in [0.1, 0.15) is 12.4 Å². The van der Waals surface area contributed by atoms with Crippen LogP contribution in [0.1, 0.15) is 30.9 Å². The summed E-state index contributed by atoms with van der Waals surface area (Å²) in [5, 5.41) is 3.33. The molecule has 0 saturated carbocycles. The van der Waals surface area contributed by atoms with E-state index in [2.05, 4.69) is 30.4 Å². The molecule has 88 valence electrons. The number of aryl methyl sites for hydroxylation is 2. The monoisotopic (exact) mass is 219 g/mol. The summed E-state index contributed by atoms with van der Waals surface area (Å²) < 4.78 is 5.72. The zero-order valence-electron chi connectivity index (χ0n) is 10.1. The zero-order valence-corrected chi connectivity index (χ0v) is 10.1. The van der Waals surface area contributed by atoms with Crippen molar-refractivity contribution < 1.29 is 4.74 Å². The molecule has 0 saturated heterocycles. The quantitative estimate of drug-likeness (QED) is 0.742. The first kappa shape index (κ1) is 11.5. The minimum Gasteiger partial charge on any atom is -0.492 e. The molecule has 1 aliphatic carbocycles. The number of hydrogen-bond donors (Lipinski definition) is 1. The lowest BCUT2D eigenvalue weighted by atomic mass is 10.1. The third-order valence-electron chi connectivity index (χ3n) is 3.04. The van der Waals surface area contributed by atoms with Gasteiger partial charge in [0.05, 0.1) is 0 Å². The van der Waals surface area contributed by atoms with E-state index in [4.69, 9.17) is 4.74 Å². The molecular weight excluding hydrogens is 198 g/mol. The predicted octanol–water partition coefficient (Wildman–Crippen LogP) is 2.55. The van der Waals surface area contributed by atoms with Crippen LogP contribution in [0.5, 0.6) is 5.75 Å². The summed E-state index contributed by atoms with van der Waals surface area (Å²) in [6.07, 6.45) is 4.95. The molecular formula is C14H21NO. The summed E-state index contributed by atoms with van der Waals surface area (Å²) in [7, 11) is 0. The van der Waals surface area contributed by atoms with Gasteiger partial charge in [-0.05, 0) is 55.5 Å². The Labute approximate surface area is 98.0 Å². The molecule has 16 heavy (non-hydrogen) atoms. The van der Waals surface area contributed by atoms with Crippen LogP contribution in [0.15, 0.2) is 18.2 Å². The van der Waals surface area contributed by atoms with Crippen LogP contribution in [0.25, 0.3) is 0 Å². The van der Waals surface area contributed by atoms with Gasteiger partial charge in [-0.3, -0.25) is 0 Å². The Morgan fingerprint density at radius 3 is 2.94 bits per heavy atom. The largest absolute Gasteiger partial charge is 0.492 e. The molecule has 0 amide bonds. The number of benzene rings is 1. The van der Waals surface area contributed by atoms with Gasteiger partial charge >= 0.3 is 0 Å². The second kappa shape index (κ2) is 5.90. The van der Waals surface area contributed by atoms with Crippen molar-refractivity contribution in [2.24, 2.45) is 0 Å². The fourth-order valence-electron chi connectivity index (χ4n) is 2.18. The van der Waals surface area contributed by atoms with E-state index < -0.39 is 0 Å². The molecule has 0 heterocycles. The summed E-state index contributed by atoms with van der Waals surface area (Å²) in [5.41, 5.74) is 3.00. The van der Waals surface area contributed by atoms with Crippen LogP contribution in [-0.4, -0.2) is 19.7 Å². The molecule has 0 aliphatic heterocycles. The van der Waals surface area contributed by atoms with Crippen LogP contribution in [-0.2, 0) is 12.8 Å². The summed E-state index contributed by atoms with van der Waals surface area (Å²) in [4.78, 5) is 0. The second-order valence-electron chi connectivity index (χ2n) is 4.38. The maximum absolute atomic E-state index is 5.72. The number of hydrogen-bond acceptors (Lipinski definition) is 2. The van der Waals surface area contributed by atoms with Gasteiger partial charge in [0.25, 0.3) is 0 Å². The highest BCUT2D eigenvalue weighted by molar-refractivity contribution is 5.38. The maximum atomic E-state index is 5.72. The van der Waals surface area contributed by atoms with Crippen molar-refractivity contribution in [2.75, 3.05) is 19.7 Å². The van der Waals surface area contributed by atoms with E-state index in [1.807, 2.05) is 0 Å². The maximum Gasteiger partial charge on any atom is 0.119 e. The molecule has 0 bridgehead atoms. The molecule has 2 rings (SSSR count). The van der Waals surface area contributed by atoms with Gasteiger partial charge in [-0.25, -0.2) is 0 Å². The number of nitrogens with one attached hydrogen (secondary N) is 1. The van der Waals surface area contributed by atoms with E-state index in [0.29, 0.717) is 0 Å². The van der Waals surface area contributed by atoms with Crippen LogP contribution in [0.4, 0.5) is 0 Å². The van der Waals surface area contributed by atoms with Crippen molar-refractivity contribution in [1.29, 1.82) is 0 Å². The van der Waals surface area contributed by atoms with Gasteiger partial charge in [0.2, 0.25) is 0 Å². The molecule has 0 radical (unpaired) electrons. The molecule has 0 fully saturated rings. The molecule has 2 heteroatoms. The van der Waals surface area contributed by atoms with Gasteiger partial charge < -0.3 is 10.1 Å². The number of rotatable bonds is 6. The summed E-state index contributed by atoms with van der Waals surface area (Å²) in [6, 6.07) is 6.53. The van der Waals surface area contributed by atoms with Crippen molar-refractivity contribution >= 4 is 0 Å². The Kier molecular flexibility index (Phi) is 4.23. The molecule has 1 aromatic rings. The van der Waals surface area contributed by atoms with Gasteiger partial charge in [-0.15, -0.1) is 0 Å². The summed E-state index contributed by atoms with van der Waals surface area (Å²) >= 11 is 0.